The molecule has 3 rings (SSSR count). The average Bonchev–Trinajstić information content (AvgIpc) is 2.89. The first-order valence-electron chi connectivity index (χ1n) is 13.0. The van der Waals surface area contributed by atoms with E-state index in [0.29, 0.717) is 6.42 Å². The SMILES string of the molecule is CC[C@@H](C(=O)NC(C)C)N(Cc1ccccc1C)C(=O)CN(c1cc(Cl)ccc1Cl)S(=O)(=O)c1ccc(C)cc1. The van der Waals surface area contributed by atoms with Gasteiger partial charge in [-0.05, 0) is 75.6 Å². The van der Waals surface area contributed by atoms with Crippen molar-refractivity contribution >= 4 is 50.7 Å². The van der Waals surface area contributed by atoms with Crippen LogP contribution in [0, 0.1) is 13.8 Å². The third kappa shape index (κ3) is 7.56. The Morgan fingerprint density at radius 1 is 0.950 bits per heavy atom. The maximum Gasteiger partial charge on any atom is 0.264 e. The number of benzene rings is 3. The number of carbonyl (C=O) groups excluding carboxylic acids is 2. The molecule has 0 bridgehead atoms. The third-order valence-corrected chi connectivity index (χ3v) is 8.81. The summed E-state index contributed by atoms with van der Waals surface area (Å²) in [5.41, 5.74) is 2.74. The largest absolute Gasteiger partial charge is 0.352 e. The number of halogens is 2. The van der Waals surface area contributed by atoms with Crippen molar-refractivity contribution < 1.29 is 18.0 Å². The number of aryl methyl sites for hydroxylation is 2. The lowest BCUT2D eigenvalue weighted by Gasteiger charge is -2.34. The van der Waals surface area contributed by atoms with Gasteiger partial charge in [-0.3, -0.25) is 13.9 Å². The fourth-order valence-corrected chi connectivity index (χ4v) is 6.16. The molecular formula is C30H35Cl2N3O4S. The first-order valence-corrected chi connectivity index (χ1v) is 15.2. The van der Waals surface area contributed by atoms with Crippen LogP contribution in [-0.4, -0.2) is 43.8 Å². The molecule has 0 aliphatic heterocycles. The lowest BCUT2D eigenvalue weighted by Crippen LogP contribution is -2.53. The van der Waals surface area contributed by atoms with E-state index in [-0.39, 0.29) is 39.1 Å². The second-order valence-electron chi connectivity index (χ2n) is 9.96. The molecule has 214 valence electrons. The summed E-state index contributed by atoms with van der Waals surface area (Å²) >= 11 is 12.7. The molecule has 10 heteroatoms. The number of hydrogen-bond donors (Lipinski definition) is 1. The fraction of sp³-hybridized carbons (Fsp3) is 0.333. The van der Waals surface area contributed by atoms with Gasteiger partial charge in [-0.25, -0.2) is 8.42 Å². The first kappa shape index (κ1) is 31.5. The number of amides is 2. The van der Waals surface area contributed by atoms with E-state index >= 15 is 0 Å². The fourth-order valence-electron chi connectivity index (χ4n) is 4.30. The Bertz CT molecular complexity index is 1460. The molecule has 0 saturated heterocycles. The van der Waals surface area contributed by atoms with Gasteiger partial charge < -0.3 is 10.2 Å². The van der Waals surface area contributed by atoms with E-state index in [1.807, 2.05) is 58.9 Å². The van der Waals surface area contributed by atoms with Gasteiger partial charge in [0.25, 0.3) is 10.0 Å². The molecule has 0 heterocycles. The van der Waals surface area contributed by atoms with Gasteiger partial charge in [-0.2, -0.15) is 0 Å². The minimum absolute atomic E-state index is 0.00279. The zero-order chi connectivity index (χ0) is 29.6. The number of hydrogen-bond acceptors (Lipinski definition) is 4. The van der Waals surface area contributed by atoms with Crippen LogP contribution < -0.4 is 9.62 Å². The highest BCUT2D eigenvalue weighted by molar-refractivity contribution is 7.92. The molecule has 1 atom stereocenters. The Kier molecular flexibility index (Phi) is 10.6. The van der Waals surface area contributed by atoms with Gasteiger partial charge in [-0.15, -0.1) is 0 Å². The van der Waals surface area contributed by atoms with Crippen molar-refractivity contribution in [2.45, 2.75) is 64.6 Å². The summed E-state index contributed by atoms with van der Waals surface area (Å²) in [6, 6.07) is 17.4. The van der Waals surface area contributed by atoms with Gasteiger partial charge in [0.15, 0.2) is 0 Å². The van der Waals surface area contributed by atoms with Gasteiger partial charge >= 0.3 is 0 Å². The monoisotopic (exact) mass is 603 g/mol. The molecule has 0 saturated carbocycles. The predicted octanol–water partition coefficient (Wildman–Crippen LogP) is 6.14. The second kappa shape index (κ2) is 13.5. The molecule has 7 nitrogen and oxygen atoms in total. The number of rotatable bonds is 11. The average molecular weight is 605 g/mol. The van der Waals surface area contributed by atoms with Gasteiger partial charge in [0, 0.05) is 17.6 Å². The van der Waals surface area contributed by atoms with Crippen molar-refractivity contribution in [3.63, 3.8) is 0 Å². The minimum atomic E-state index is -4.25. The molecular weight excluding hydrogens is 569 g/mol. The number of sulfonamides is 1. The quantitative estimate of drug-likeness (QED) is 0.285. The van der Waals surface area contributed by atoms with Crippen LogP contribution in [0.3, 0.4) is 0 Å². The summed E-state index contributed by atoms with van der Waals surface area (Å²) in [4.78, 5) is 28.8. The molecule has 40 heavy (non-hydrogen) atoms. The molecule has 0 fully saturated rings. The Morgan fingerprint density at radius 3 is 2.20 bits per heavy atom. The summed E-state index contributed by atoms with van der Waals surface area (Å²) in [5, 5.41) is 3.26. The van der Waals surface area contributed by atoms with Gasteiger partial charge in [0.1, 0.15) is 12.6 Å². The van der Waals surface area contributed by atoms with E-state index in [1.54, 1.807) is 18.2 Å². The van der Waals surface area contributed by atoms with Crippen molar-refractivity contribution in [1.82, 2.24) is 10.2 Å². The van der Waals surface area contributed by atoms with Crippen LogP contribution in [0.4, 0.5) is 5.69 Å². The lowest BCUT2D eigenvalue weighted by molar-refractivity contribution is -0.140. The number of nitrogens with zero attached hydrogens (tertiary/aromatic N) is 2. The molecule has 0 spiro atoms. The highest BCUT2D eigenvalue weighted by Gasteiger charge is 2.34. The first-order chi connectivity index (χ1) is 18.8. The number of anilines is 1. The summed E-state index contributed by atoms with van der Waals surface area (Å²) in [6.45, 7) is 8.81. The van der Waals surface area contributed by atoms with E-state index in [0.717, 1.165) is 21.0 Å². The van der Waals surface area contributed by atoms with Crippen LogP contribution in [0.2, 0.25) is 10.0 Å². The second-order valence-corrected chi connectivity index (χ2v) is 12.7. The van der Waals surface area contributed by atoms with E-state index in [2.05, 4.69) is 5.32 Å². The molecule has 0 radical (unpaired) electrons. The van der Waals surface area contributed by atoms with Gasteiger partial charge in [-0.1, -0.05) is 72.1 Å². The zero-order valence-corrected chi connectivity index (χ0v) is 25.6. The summed E-state index contributed by atoms with van der Waals surface area (Å²) < 4.78 is 28.9. The topological polar surface area (TPSA) is 86.8 Å². The minimum Gasteiger partial charge on any atom is -0.352 e. The van der Waals surface area contributed by atoms with Crippen molar-refractivity contribution in [2.75, 3.05) is 10.8 Å². The summed E-state index contributed by atoms with van der Waals surface area (Å²) in [5.74, 6) is -0.867. The Balaban J connectivity index is 2.12. The Labute approximate surface area is 247 Å². The summed E-state index contributed by atoms with van der Waals surface area (Å²) in [6.07, 6.45) is 0.332. The maximum atomic E-state index is 14.1. The maximum absolute atomic E-state index is 14.1. The third-order valence-electron chi connectivity index (χ3n) is 6.48. The lowest BCUT2D eigenvalue weighted by atomic mass is 10.1. The highest BCUT2D eigenvalue weighted by atomic mass is 35.5. The molecule has 2 amide bonds. The normalized spacial score (nSPS) is 12.2. The van der Waals surface area contributed by atoms with Crippen LogP contribution in [0.25, 0.3) is 0 Å². The Hall–Kier alpha value is -3.07. The van der Waals surface area contributed by atoms with E-state index in [9.17, 15) is 18.0 Å². The van der Waals surface area contributed by atoms with E-state index in [1.165, 1.54) is 29.2 Å². The van der Waals surface area contributed by atoms with E-state index < -0.39 is 28.5 Å². The highest BCUT2D eigenvalue weighted by Crippen LogP contribution is 2.33. The van der Waals surface area contributed by atoms with Crippen molar-refractivity contribution in [3.8, 4) is 0 Å². The van der Waals surface area contributed by atoms with E-state index in [4.69, 9.17) is 23.2 Å². The van der Waals surface area contributed by atoms with Crippen LogP contribution in [0.5, 0.6) is 0 Å². The molecule has 0 aromatic heterocycles. The molecule has 0 aliphatic carbocycles. The van der Waals surface area contributed by atoms with Crippen LogP contribution >= 0.6 is 23.2 Å². The molecule has 3 aromatic rings. The summed E-state index contributed by atoms with van der Waals surface area (Å²) in [7, 11) is -4.25. The Morgan fingerprint density at radius 2 is 1.60 bits per heavy atom. The van der Waals surface area contributed by atoms with Gasteiger partial charge in [0.05, 0.1) is 15.6 Å². The van der Waals surface area contributed by atoms with Crippen LogP contribution in [-0.2, 0) is 26.2 Å². The standard InChI is InChI=1S/C30H35Cl2N3O4S/c1-6-27(30(37)33-20(2)3)34(18-23-10-8-7-9-22(23)5)29(36)19-35(28-17-24(31)13-16-26(28)32)40(38,39)25-14-11-21(4)12-15-25/h7-17,20,27H,6,18-19H2,1-5H3,(H,33,37)/t27-/m0/s1. The zero-order valence-electron chi connectivity index (χ0n) is 23.3. The number of nitrogens with one attached hydrogen (secondary N) is 1. The predicted molar refractivity (Wildman–Crippen MR) is 161 cm³/mol. The van der Waals surface area contributed by atoms with Crippen molar-refractivity contribution in [1.29, 1.82) is 0 Å². The van der Waals surface area contributed by atoms with Crippen LogP contribution in [0.1, 0.15) is 43.9 Å². The molecule has 3 aromatic carbocycles. The smallest absolute Gasteiger partial charge is 0.264 e. The molecule has 0 aliphatic rings. The van der Waals surface area contributed by atoms with Crippen LogP contribution in [0.15, 0.2) is 71.6 Å². The van der Waals surface area contributed by atoms with Crippen molar-refractivity contribution in [2.24, 2.45) is 0 Å². The molecule has 1 N–H and O–H groups in total. The van der Waals surface area contributed by atoms with Crippen molar-refractivity contribution in [3.05, 3.63) is 93.5 Å². The van der Waals surface area contributed by atoms with Gasteiger partial charge in [0.2, 0.25) is 11.8 Å². The number of carbonyl (C=O) groups is 2. The molecule has 0 unspecified atom stereocenters.